The van der Waals surface area contributed by atoms with Crippen molar-refractivity contribution < 1.29 is 17.7 Å². The lowest BCUT2D eigenvalue weighted by atomic mass is 9.95. The van der Waals surface area contributed by atoms with Gasteiger partial charge in [-0.15, -0.1) is 0 Å². The zero-order valence-electron chi connectivity index (χ0n) is 12.4. The summed E-state index contributed by atoms with van der Waals surface area (Å²) in [5.41, 5.74) is -2.50. The zero-order valence-corrected chi connectivity index (χ0v) is 13.2. The van der Waals surface area contributed by atoms with Crippen molar-refractivity contribution in [3.05, 3.63) is 46.9 Å². The lowest BCUT2D eigenvalue weighted by Gasteiger charge is -2.22. The summed E-state index contributed by atoms with van der Waals surface area (Å²) in [6.07, 6.45) is 3.91. The van der Waals surface area contributed by atoms with Gasteiger partial charge in [0.05, 0.1) is 5.39 Å². The maximum atomic E-state index is 12.5. The van der Waals surface area contributed by atoms with Gasteiger partial charge in [-0.2, -0.15) is 13.2 Å². The van der Waals surface area contributed by atoms with E-state index in [2.05, 4.69) is 10.5 Å². The van der Waals surface area contributed by atoms with Crippen molar-refractivity contribution in [3.63, 3.8) is 0 Å². The van der Waals surface area contributed by atoms with Gasteiger partial charge in [0.1, 0.15) is 0 Å². The third-order valence-electron chi connectivity index (χ3n) is 3.63. The zero-order chi connectivity index (χ0) is 16.4. The fourth-order valence-corrected chi connectivity index (χ4v) is 3.22. The smallest absolute Gasteiger partial charge is 0.363 e. The van der Waals surface area contributed by atoms with Gasteiger partial charge < -0.3 is 9.84 Å². The minimum Gasteiger partial charge on any atom is -0.363 e. The van der Waals surface area contributed by atoms with E-state index in [1.54, 1.807) is 12.2 Å². The van der Waals surface area contributed by atoms with Crippen LogP contribution < -0.4 is 5.32 Å². The number of nitrogens with one attached hydrogen (secondary N) is 1. The molecule has 2 aromatic rings. The Hall–Kier alpha value is -1.89. The van der Waals surface area contributed by atoms with Gasteiger partial charge >= 0.3 is 5.51 Å². The van der Waals surface area contributed by atoms with Crippen molar-refractivity contribution in [1.29, 1.82) is 0 Å². The first-order chi connectivity index (χ1) is 10.9. The third-order valence-corrected chi connectivity index (χ3v) is 4.64. The Bertz CT molecular complexity index is 764. The van der Waals surface area contributed by atoms with Crippen LogP contribution in [0.2, 0.25) is 0 Å². The van der Waals surface area contributed by atoms with Crippen LogP contribution in [0, 0.1) is 5.92 Å². The highest BCUT2D eigenvalue weighted by Crippen LogP contribution is 2.42. The molecule has 7 heteroatoms. The van der Waals surface area contributed by atoms with Crippen LogP contribution in [0.4, 0.5) is 19.0 Å². The Balaban J connectivity index is 1.67. The van der Waals surface area contributed by atoms with Gasteiger partial charge in [0.15, 0.2) is 11.4 Å². The van der Waals surface area contributed by atoms with E-state index in [1.165, 1.54) is 0 Å². The highest BCUT2D eigenvalue weighted by atomic mass is 32.2. The van der Waals surface area contributed by atoms with Crippen LogP contribution in [0.5, 0.6) is 0 Å². The lowest BCUT2D eigenvalue weighted by Crippen LogP contribution is -2.13. The molecule has 0 spiro atoms. The Labute approximate surface area is 135 Å². The SMILES string of the molecule is CC1CC(CNc2noc3ccccc23)=CC=C1SC(F)(F)F. The molecular weight excluding hydrogens is 325 g/mol. The first-order valence-electron chi connectivity index (χ1n) is 7.16. The number of fused-ring (bicyclic) bond motifs is 1. The minimum atomic E-state index is -4.23. The number of rotatable bonds is 4. The van der Waals surface area contributed by atoms with E-state index in [1.807, 2.05) is 31.2 Å². The maximum Gasteiger partial charge on any atom is 0.446 e. The number of allylic oxidation sites excluding steroid dienone is 3. The van der Waals surface area contributed by atoms with E-state index in [9.17, 15) is 13.2 Å². The molecule has 1 atom stereocenters. The van der Waals surface area contributed by atoms with E-state index < -0.39 is 5.51 Å². The van der Waals surface area contributed by atoms with Crippen LogP contribution in [0.25, 0.3) is 11.0 Å². The molecule has 1 heterocycles. The van der Waals surface area contributed by atoms with Gasteiger partial charge in [-0.25, -0.2) is 0 Å². The molecule has 0 radical (unpaired) electrons. The van der Waals surface area contributed by atoms with Crippen LogP contribution in [0.15, 0.2) is 51.4 Å². The molecule has 122 valence electrons. The predicted octanol–water partition coefficient (Wildman–Crippen LogP) is 5.34. The number of hydrogen-bond acceptors (Lipinski definition) is 4. The predicted molar refractivity (Wildman–Crippen MR) is 86.1 cm³/mol. The third kappa shape index (κ3) is 3.90. The normalized spacial score (nSPS) is 18.7. The topological polar surface area (TPSA) is 38.1 Å². The summed E-state index contributed by atoms with van der Waals surface area (Å²) >= 11 is -0.0257. The summed E-state index contributed by atoms with van der Waals surface area (Å²) in [5.74, 6) is 0.506. The second kappa shape index (κ2) is 6.31. The van der Waals surface area contributed by atoms with Crippen LogP contribution in [-0.4, -0.2) is 17.2 Å². The molecule has 1 aromatic heterocycles. The highest BCUT2D eigenvalue weighted by molar-refractivity contribution is 8.03. The molecule has 0 fully saturated rings. The van der Waals surface area contributed by atoms with Gasteiger partial charge in [-0.05, 0) is 41.1 Å². The standard InChI is InChI=1S/C16H15F3N2OS/c1-10-8-11(6-7-14(10)23-16(17,18)19)9-20-15-12-4-2-3-5-13(12)22-21-15/h2-7,10H,8-9H2,1H3,(H,20,21). The van der Waals surface area contributed by atoms with Gasteiger partial charge in [0.2, 0.25) is 0 Å². The molecule has 23 heavy (non-hydrogen) atoms. The number of anilines is 1. The first kappa shape index (κ1) is 16.0. The Morgan fingerprint density at radius 3 is 2.83 bits per heavy atom. The van der Waals surface area contributed by atoms with Crippen LogP contribution in [-0.2, 0) is 0 Å². The molecule has 0 amide bonds. The second-order valence-corrected chi connectivity index (χ2v) is 6.57. The fourth-order valence-electron chi connectivity index (χ4n) is 2.54. The molecule has 1 aliphatic carbocycles. The van der Waals surface area contributed by atoms with Gasteiger partial charge in [0, 0.05) is 6.54 Å². The number of nitrogens with zero attached hydrogens (tertiary/aromatic N) is 1. The molecule has 3 rings (SSSR count). The molecule has 3 nitrogen and oxygen atoms in total. The van der Waals surface area contributed by atoms with E-state index >= 15 is 0 Å². The number of thioether (sulfide) groups is 1. The molecule has 0 bridgehead atoms. The van der Waals surface area contributed by atoms with Crippen LogP contribution in [0.1, 0.15) is 13.3 Å². The van der Waals surface area contributed by atoms with E-state index in [0.717, 1.165) is 11.0 Å². The number of hydrogen-bond donors (Lipinski definition) is 1. The molecule has 1 unspecified atom stereocenters. The van der Waals surface area contributed by atoms with Crippen molar-refractivity contribution in [2.24, 2.45) is 5.92 Å². The molecule has 0 saturated heterocycles. The average molecular weight is 340 g/mol. The Kier molecular flexibility index (Phi) is 4.39. The summed E-state index contributed by atoms with van der Waals surface area (Å²) in [6, 6.07) is 7.51. The summed E-state index contributed by atoms with van der Waals surface area (Å²) in [6.45, 7) is 2.34. The van der Waals surface area contributed by atoms with E-state index in [-0.39, 0.29) is 17.7 Å². The number of halogens is 3. The number of benzene rings is 1. The van der Waals surface area contributed by atoms with Crippen molar-refractivity contribution >= 4 is 28.5 Å². The van der Waals surface area contributed by atoms with E-state index in [4.69, 9.17) is 4.52 Å². The summed E-state index contributed by atoms with van der Waals surface area (Å²) < 4.78 is 42.6. The number of alkyl halides is 3. The van der Waals surface area contributed by atoms with Gasteiger partial charge in [0.25, 0.3) is 0 Å². The molecule has 0 aliphatic heterocycles. The van der Waals surface area contributed by atoms with Crippen molar-refractivity contribution in [1.82, 2.24) is 5.16 Å². The highest BCUT2D eigenvalue weighted by Gasteiger charge is 2.32. The van der Waals surface area contributed by atoms with Crippen molar-refractivity contribution in [2.45, 2.75) is 18.9 Å². The lowest BCUT2D eigenvalue weighted by molar-refractivity contribution is -0.0323. The Morgan fingerprint density at radius 2 is 2.09 bits per heavy atom. The molecule has 1 aromatic carbocycles. The van der Waals surface area contributed by atoms with Gasteiger partial charge in [-0.3, -0.25) is 0 Å². The summed E-state index contributed by atoms with van der Waals surface area (Å²) in [5, 5.41) is 8.06. The molecule has 1 N–H and O–H groups in total. The summed E-state index contributed by atoms with van der Waals surface area (Å²) in [7, 11) is 0. The molecule has 1 aliphatic rings. The average Bonchev–Trinajstić information content (AvgIpc) is 2.90. The fraction of sp³-hybridized carbons (Fsp3) is 0.312. The Morgan fingerprint density at radius 1 is 1.30 bits per heavy atom. The molecular formula is C16H15F3N2OS. The van der Waals surface area contributed by atoms with Gasteiger partial charge in [-0.1, -0.05) is 41.9 Å². The minimum absolute atomic E-state index is 0.0257. The quantitative estimate of drug-likeness (QED) is 0.815. The number of para-hydroxylation sites is 1. The first-order valence-corrected chi connectivity index (χ1v) is 7.97. The van der Waals surface area contributed by atoms with Crippen LogP contribution >= 0.6 is 11.8 Å². The molecule has 0 saturated carbocycles. The monoisotopic (exact) mass is 340 g/mol. The second-order valence-electron chi connectivity index (χ2n) is 5.43. The number of aromatic nitrogens is 1. The van der Waals surface area contributed by atoms with Crippen molar-refractivity contribution in [3.8, 4) is 0 Å². The maximum absolute atomic E-state index is 12.5. The van der Waals surface area contributed by atoms with E-state index in [0.29, 0.717) is 29.3 Å². The van der Waals surface area contributed by atoms with Crippen LogP contribution in [0.3, 0.4) is 0 Å². The summed E-state index contributed by atoms with van der Waals surface area (Å²) in [4.78, 5) is 0.355. The largest absolute Gasteiger partial charge is 0.446 e. The van der Waals surface area contributed by atoms with Crippen molar-refractivity contribution in [2.75, 3.05) is 11.9 Å².